The predicted molar refractivity (Wildman–Crippen MR) is 61.2 cm³/mol. The Bertz CT molecular complexity index is 333. The van der Waals surface area contributed by atoms with Gasteiger partial charge in [-0.25, -0.2) is 4.98 Å². The molecule has 0 amide bonds. The topological polar surface area (TPSA) is 39.2 Å². The second-order valence-electron chi connectivity index (χ2n) is 3.90. The Morgan fingerprint density at radius 1 is 1.60 bits per heavy atom. The van der Waals surface area contributed by atoms with E-state index in [4.69, 9.17) is 4.74 Å². The molecule has 0 fully saturated rings. The molecule has 0 aliphatic carbocycles. The minimum Gasteiger partial charge on any atom is -0.373 e. The van der Waals surface area contributed by atoms with E-state index in [0.717, 1.165) is 10.7 Å². The minimum atomic E-state index is -0.313. The van der Waals surface area contributed by atoms with Crippen molar-refractivity contribution in [3.8, 4) is 0 Å². The zero-order valence-corrected chi connectivity index (χ0v) is 10.4. The lowest BCUT2D eigenvalue weighted by Crippen LogP contribution is -2.29. The van der Waals surface area contributed by atoms with Gasteiger partial charge in [-0.15, -0.1) is 11.3 Å². The van der Waals surface area contributed by atoms with Crippen LogP contribution in [0.25, 0.3) is 0 Å². The number of methoxy groups -OCH3 is 1. The highest BCUT2D eigenvalue weighted by Crippen LogP contribution is 2.13. The van der Waals surface area contributed by atoms with Crippen LogP contribution in [-0.4, -0.2) is 24.0 Å². The van der Waals surface area contributed by atoms with Gasteiger partial charge in [-0.2, -0.15) is 0 Å². The molecule has 0 aliphatic rings. The number of aromatic nitrogens is 1. The number of ketones is 1. The van der Waals surface area contributed by atoms with E-state index in [-0.39, 0.29) is 17.8 Å². The van der Waals surface area contributed by atoms with Crippen molar-refractivity contribution >= 4 is 17.1 Å². The van der Waals surface area contributed by atoms with E-state index in [9.17, 15) is 4.79 Å². The van der Waals surface area contributed by atoms with E-state index in [0.29, 0.717) is 6.42 Å². The Hall–Kier alpha value is -0.740. The SMILES string of the molecule is COC(C(=O)Cc1csc(C)n1)C(C)C. The summed E-state index contributed by atoms with van der Waals surface area (Å²) in [7, 11) is 1.58. The molecule has 15 heavy (non-hydrogen) atoms. The van der Waals surface area contributed by atoms with Crippen LogP contribution in [0.5, 0.6) is 0 Å². The van der Waals surface area contributed by atoms with E-state index in [1.54, 1.807) is 18.4 Å². The van der Waals surface area contributed by atoms with E-state index in [2.05, 4.69) is 4.98 Å². The van der Waals surface area contributed by atoms with Crippen LogP contribution < -0.4 is 0 Å². The molecule has 0 aromatic carbocycles. The Morgan fingerprint density at radius 3 is 2.67 bits per heavy atom. The number of carbonyl (C=O) groups is 1. The Kier molecular flexibility index (Phi) is 4.42. The molecule has 1 rings (SSSR count). The van der Waals surface area contributed by atoms with Crippen LogP contribution in [0.1, 0.15) is 24.5 Å². The number of carbonyl (C=O) groups excluding carboxylic acids is 1. The maximum atomic E-state index is 11.8. The first-order chi connectivity index (χ1) is 7.04. The molecule has 1 heterocycles. The number of aryl methyl sites for hydroxylation is 1. The highest BCUT2D eigenvalue weighted by molar-refractivity contribution is 7.09. The fraction of sp³-hybridized carbons (Fsp3) is 0.636. The third kappa shape index (κ3) is 3.39. The van der Waals surface area contributed by atoms with Crippen LogP contribution in [0, 0.1) is 12.8 Å². The van der Waals surface area contributed by atoms with Gasteiger partial charge in [0, 0.05) is 12.5 Å². The van der Waals surface area contributed by atoms with Crippen molar-refractivity contribution < 1.29 is 9.53 Å². The first-order valence-electron chi connectivity index (χ1n) is 5.01. The summed E-state index contributed by atoms with van der Waals surface area (Å²) in [6.45, 7) is 5.91. The quantitative estimate of drug-likeness (QED) is 0.774. The summed E-state index contributed by atoms with van der Waals surface area (Å²) in [6.07, 6.45) is 0.0631. The monoisotopic (exact) mass is 227 g/mol. The van der Waals surface area contributed by atoms with Gasteiger partial charge in [-0.3, -0.25) is 4.79 Å². The highest BCUT2D eigenvalue weighted by atomic mass is 32.1. The molecular weight excluding hydrogens is 210 g/mol. The first-order valence-corrected chi connectivity index (χ1v) is 5.89. The molecule has 0 spiro atoms. The molecule has 0 aliphatic heterocycles. The summed E-state index contributed by atoms with van der Waals surface area (Å²) < 4.78 is 5.18. The third-order valence-corrected chi connectivity index (χ3v) is 3.02. The normalized spacial score (nSPS) is 13.1. The predicted octanol–water partition coefficient (Wildman–Crippen LogP) is 2.23. The average Bonchev–Trinajstić information content (AvgIpc) is 2.51. The lowest BCUT2D eigenvalue weighted by Gasteiger charge is -2.16. The van der Waals surface area contributed by atoms with Crippen LogP contribution in [-0.2, 0) is 16.0 Å². The largest absolute Gasteiger partial charge is 0.373 e. The fourth-order valence-electron chi connectivity index (χ4n) is 1.54. The smallest absolute Gasteiger partial charge is 0.167 e. The zero-order valence-electron chi connectivity index (χ0n) is 9.61. The molecule has 0 bridgehead atoms. The Morgan fingerprint density at radius 2 is 2.27 bits per heavy atom. The van der Waals surface area contributed by atoms with Gasteiger partial charge in [0.15, 0.2) is 5.78 Å². The molecule has 0 radical (unpaired) electrons. The van der Waals surface area contributed by atoms with Crippen molar-refractivity contribution in [2.75, 3.05) is 7.11 Å². The maximum Gasteiger partial charge on any atom is 0.167 e. The highest BCUT2D eigenvalue weighted by Gasteiger charge is 2.22. The van der Waals surface area contributed by atoms with Crippen LogP contribution in [0.4, 0.5) is 0 Å². The van der Waals surface area contributed by atoms with Crippen molar-refractivity contribution in [2.45, 2.75) is 33.3 Å². The van der Waals surface area contributed by atoms with Gasteiger partial charge in [0.25, 0.3) is 0 Å². The van der Waals surface area contributed by atoms with E-state index < -0.39 is 0 Å². The molecule has 84 valence electrons. The first kappa shape index (κ1) is 12.3. The second kappa shape index (κ2) is 5.37. The van der Waals surface area contributed by atoms with Gasteiger partial charge in [-0.1, -0.05) is 13.8 Å². The van der Waals surface area contributed by atoms with Crippen molar-refractivity contribution in [3.05, 3.63) is 16.1 Å². The molecule has 1 atom stereocenters. The molecule has 0 saturated heterocycles. The van der Waals surface area contributed by atoms with Gasteiger partial charge < -0.3 is 4.74 Å². The fourth-order valence-corrected chi connectivity index (χ4v) is 2.16. The summed E-state index contributed by atoms with van der Waals surface area (Å²) in [5.74, 6) is 0.319. The Balaban J connectivity index is 2.62. The number of Topliss-reactive ketones (excluding diaryl/α,β-unsaturated/α-hetero) is 1. The van der Waals surface area contributed by atoms with Crippen molar-refractivity contribution in [3.63, 3.8) is 0 Å². The number of hydrogen-bond acceptors (Lipinski definition) is 4. The summed E-state index contributed by atoms with van der Waals surface area (Å²) >= 11 is 1.57. The van der Waals surface area contributed by atoms with Gasteiger partial charge in [-0.05, 0) is 12.8 Å². The van der Waals surface area contributed by atoms with Crippen LogP contribution in [0.15, 0.2) is 5.38 Å². The van der Waals surface area contributed by atoms with E-state index >= 15 is 0 Å². The molecular formula is C11H17NO2S. The molecule has 1 unspecified atom stereocenters. The summed E-state index contributed by atoms with van der Waals surface area (Å²) in [6, 6.07) is 0. The molecule has 0 saturated carbocycles. The van der Waals surface area contributed by atoms with E-state index in [1.807, 2.05) is 26.2 Å². The maximum absolute atomic E-state index is 11.8. The van der Waals surface area contributed by atoms with Crippen LogP contribution in [0.2, 0.25) is 0 Å². The van der Waals surface area contributed by atoms with Crippen LogP contribution in [0.3, 0.4) is 0 Å². The van der Waals surface area contributed by atoms with Gasteiger partial charge in [0.05, 0.1) is 17.1 Å². The number of ether oxygens (including phenoxy) is 1. The van der Waals surface area contributed by atoms with Gasteiger partial charge >= 0.3 is 0 Å². The van der Waals surface area contributed by atoms with Gasteiger partial charge in [0.2, 0.25) is 0 Å². The lowest BCUT2D eigenvalue weighted by molar-refractivity contribution is -0.130. The lowest BCUT2D eigenvalue weighted by atomic mass is 10.0. The van der Waals surface area contributed by atoms with Crippen molar-refractivity contribution in [1.29, 1.82) is 0 Å². The minimum absolute atomic E-state index is 0.109. The van der Waals surface area contributed by atoms with Crippen molar-refractivity contribution in [1.82, 2.24) is 4.98 Å². The third-order valence-electron chi connectivity index (χ3n) is 2.20. The molecule has 1 aromatic rings. The van der Waals surface area contributed by atoms with Crippen LogP contribution >= 0.6 is 11.3 Å². The molecule has 4 heteroatoms. The number of hydrogen-bond donors (Lipinski definition) is 0. The summed E-state index contributed by atoms with van der Waals surface area (Å²) in [5, 5.41) is 2.93. The average molecular weight is 227 g/mol. The number of nitrogens with zero attached hydrogens (tertiary/aromatic N) is 1. The molecule has 3 nitrogen and oxygen atoms in total. The number of thiazole rings is 1. The summed E-state index contributed by atoms with van der Waals surface area (Å²) in [4.78, 5) is 16.1. The van der Waals surface area contributed by atoms with Gasteiger partial charge in [0.1, 0.15) is 6.10 Å². The standard InChI is InChI=1S/C11H17NO2S/c1-7(2)11(14-4)10(13)5-9-6-15-8(3)12-9/h6-7,11H,5H2,1-4H3. The van der Waals surface area contributed by atoms with Crippen molar-refractivity contribution in [2.24, 2.45) is 5.92 Å². The molecule has 1 aromatic heterocycles. The Labute approximate surface area is 94.5 Å². The second-order valence-corrected chi connectivity index (χ2v) is 4.96. The zero-order chi connectivity index (χ0) is 11.4. The van der Waals surface area contributed by atoms with E-state index in [1.165, 1.54) is 0 Å². The number of rotatable bonds is 5. The molecule has 0 N–H and O–H groups in total. The summed E-state index contributed by atoms with van der Waals surface area (Å²) in [5.41, 5.74) is 0.852.